The van der Waals surface area contributed by atoms with Gasteiger partial charge in [-0.1, -0.05) is 13.0 Å². The Balaban J connectivity index is 2.22. The molecule has 2 rings (SSSR count). The van der Waals surface area contributed by atoms with Crippen LogP contribution >= 0.6 is 0 Å². The van der Waals surface area contributed by atoms with Crippen LogP contribution in [0.15, 0.2) is 24.5 Å². The summed E-state index contributed by atoms with van der Waals surface area (Å²) in [5.74, 6) is 1.75. The molecule has 0 aliphatic rings. The van der Waals surface area contributed by atoms with Gasteiger partial charge in [0.2, 0.25) is 0 Å². The first-order chi connectivity index (χ1) is 9.61. The summed E-state index contributed by atoms with van der Waals surface area (Å²) in [6, 6.07) is 6.32. The van der Waals surface area contributed by atoms with Gasteiger partial charge >= 0.3 is 0 Å². The molecule has 1 aromatic carbocycles. The molecule has 2 aromatic rings. The number of hydrogen-bond donors (Lipinski definition) is 2. The van der Waals surface area contributed by atoms with E-state index in [1.807, 2.05) is 6.92 Å². The normalized spacial score (nSPS) is 10.4. The van der Waals surface area contributed by atoms with E-state index in [4.69, 9.17) is 0 Å². The van der Waals surface area contributed by atoms with Crippen LogP contribution in [0.25, 0.3) is 0 Å². The molecule has 0 atom stereocenters. The van der Waals surface area contributed by atoms with E-state index in [1.165, 1.54) is 11.1 Å². The Kier molecular flexibility index (Phi) is 4.56. The first-order valence-corrected chi connectivity index (χ1v) is 7.01. The van der Waals surface area contributed by atoms with E-state index in [9.17, 15) is 0 Å². The van der Waals surface area contributed by atoms with Crippen LogP contribution in [0.1, 0.15) is 30.0 Å². The lowest BCUT2D eigenvalue weighted by atomic mass is 10.1. The van der Waals surface area contributed by atoms with Crippen molar-refractivity contribution in [3.05, 3.63) is 41.2 Å². The standard InChI is InChI=1S/C16H22N4/c1-5-8-17-15-13(4)16(19-10-18-15)20-14-7-6-11(2)12(3)9-14/h6-7,9-10H,5,8H2,1-4H3,(H2,17,18,19,20). The van der Waals surface area contributed by atoms with E-state index in [-0.39, 0.29) is 0 Å². The number of aromatic nitrogens is 2. The van der Waals surface area contributed by atoms with Crippen molar-refractivity contribution in [2.75, 3.05) is 17.2 Å². The predicted molar refractivity (Wildman–Crippen MR) is 84.7 cm³/mol. The smallest absolute Gasteiger partial charge is 0.138 e. The van der Waals surface area contributed by atoms with Gasteiger partial charge in [-0.05, 0) is 50.5 Å². The summed E-state index contributed by atoms with van der Waals surface area (Å²) in [4.78, 5) is 8.62. The second-order valence-electron chi connectivity index (χ2n) is 5.05. The van der Waals surface area contributed by atoms with Crippen LogP contribution in [-0.4, -0.2) is 16.5 Å². The summed E-state index contributed by atoms with van der Waals surface area (Å²) < 4.78 is 0. The van der Waals surface area contributed by atoms with Crippen molar-refractivity contribution in [3.8, 4) is 0 Å². The van der Waals surface area contributed by atoms with Crippen LogP contribution in [0.5, 0.6) is 0 Å². The average molecular weight is 270 g/mol. The van der Waals surface area contributed by atoms with Crippen molar-refractivity contribution in [3.63, 3.8) is 0 Å². The summed E-state index contributed by atoms with van der Waals surface area (Å²) in [5, 5.41) is 6.68. The molecular weight excluding hydrogens is 248 g/mol. The Morgan fingerprint density at radius 1 is 1.00 bits per heavy atom. The van der Waals surface area contributed by atoms with Crippen molar-refractivity contribution in [1.82, 2.24) is 9.97 Å². The third-order valence-corrected chi connectivity index (χ3v) is 3.40. The Hall–Kier alpha value is -2.10. The Bertz CT molecular complexity index is 593. The fourth-order valence-corrected chi connectivity index (χ4v) is 1.95. The summed E-state index contributed by atoms with van der Waals surface area (Å²) in [6.45, 7) is 9.31. The zero-order valence-corrected chi connectivity index (χ0v) is 12.6. The van der Waals surface area contributed by atoms with Crippen LogP contribution in [0.4, 0.5) is 17.3 Å². The van der Waals surface area contributed by atoms with Gasteiger partial charge in [0.25, 0.3) is 0 Å². The lowest BCUT2D eigenvalue weighted by molar-refractivity contribution is 0.960. The van der Waals surface area contributed by atoms with Gasteiger partial charge in [-0.15, -0.1) is 0 Å². The Morgan fingerprint density at radius 2 is 1.75 bits per heavy atom. The first-order valence-electron chi connectivity index (χ1n) is 7.01. The van der Waals surface area contributed by atoms with E-state index in [1.54, 1.807) is 6.33 Å². The number of aryl methyl sites for hydroxylation is 2. The molecule has 1 heterocycles. The number of nitrogens with zero attached hydrogens (tertiary/aromatic N) is 2. The van der Waals surface area contributed by atoms with E-state index < -0.39 is 0 Å². The van der Waals surface area contributed by atoms with Crippen LogP contribution in [0.2, 0.25) is 0 Å². The lowest BCUT2D eigenvalue weighted by Crippen LogP contribution is -2.07. The van der Waals surface area contributed by atoms with Gasteiger partial charge in [0.1, 0.15) is 18.0 Å². The van der Waals surface area contributed by atoms with Crippen molar-refractivity contribution in [2.45, 2.75) is 34.1 Å². The highest BCUT2D eigenvalue weighted by atomic mass is 15.1. The monoisotopic (exact) mass is 270 g/mol. The quantitative estimate of drug-likeness (QED) is 0.863. The van der Waals surface area contributed by atoms with Crippen LogP contribution in [0.3, 0.4) is 0 Å². The van der Waals surface area contributed by atoms with Crippen molar-refractivity contribution < 1.29 is 0 Å². The minimum atomic E-state index is 0.849. The third kappa shape index (κ3) is 3.26. The van der Waals surface area contributed by atoms with Gasteiger partial charge in [-0.25, -0.2) is 9.97 Å². The molecule has 0 aliphatic heterocycles. The molecule has 4 heteroatoms. The summed E-state index contributed by atoms with van der Waals surface area (Å²) in [7, 11) is 0. The number of rotatable bonds is 5. The van der Waals surface area contributed by atoms with Gasteiger partial charge < -0.3 is 10.6 Å². The largest absolute Gasteiger partial charge is 0.370 e. The SMILES string of the molecule is CCCNc1ncnc(Nc2ccc(C)c(C)c2)c1C. The highest BCUT2D eigenvalue weighted by molar-refractivity contribution is 5.65. The number of nitrogens with one attached hydrogen (secondary N) is 2. The molecule has 0 spiro atoms. The molecule has 20 heavy (non-hydrogen) atoms. The van der Waals surface area contributed by atoms with Crippen LogP contribution < -0.4 is 10.6 Å². The van der Waals surface area contributed by atoms with E-state index in [0.717, 1.165) is 35.9 Å². The van der Waals surface area contributed by atoms with E-state index in [2.05, 4.69) is 59.6 Å². The van der Waals surface area contributed by atoms with Crippen molar-refractivity contribution >= 4 is 17.3 Å². The molecule has 1 aromatic heterocycles. The maximum atomic E-state index is 4.33. The van der Waals surface area contributed by atoms with Crippen LogP contribution in [-0.2, 0) is 0 Å². The lowest BCUT2D eigenvalue weighted by Gasteiger charge is -2.13. The molecule has 0 aliphatic carbocycles. The van der Waals surface area contributed by atoms with Gasteiger partial charge in [0.05, 0.1) is 0 Å². The summed E-state index contributed by atoms with van der Waals surface area (Å²) >= 11 is 0. The van der Waals surface area contributed by atoms with Gasteiger partial charge in [-0.3, -0.25) is 0 Å². The van der Waals surface area contributed by atoms with Gasteiger partial charge in [-0.2, -0.15) is 0 Å². The molecule has 0 bridgehead atoms. The molecule has 0 saturated carbocycles. The molecule has 4 nitrogen and oxygen atoms in total. The van der Waals surface area contributed by atoms with E-state index >= 15 is 0 Å². The third-order valence-electron chi connectivity index (χ3n) is 3.40. The topological polar surface area (TPSA) is 49.8 Å². The van der Waals surface area contributed by atoms with Crippen LogP contribution in [0, 0.1) is 20.8 Å². The van der Waals surface area contributed by atoms with Gasteiger partial charge in [0.15, 0.2) is 0 Å². The molecule has 106 valence electrons. The Morgan fingerprint density at radius 3 is 2.45 bits per heavy atom. The average Bonchev–Trinajstić information content (AvgIpc) is 2.44. The highest BCUT2D eigenvalue weighted by Crippen LogP contribution is 2.23. The highest BCUT2D eigenvalue weighted by Gasteiger charge is 2.07. The number of anilines is 3. The van der Waals surface area contributed by atoms with Gasteiger partial charge in [0, 0.05) is 17.8 Å². The maximum Gasteiger partial charge on any atom is 0.138 e. The molecule has 0 fully saturated rings. The minimum Gasteiger partial charge on any atom is -0.370 e. The summed E-state index contributed by atoms with van der Waals surface area (Å²) in [5.41, 5.74) is 4.65. The Labute approximate surface area is 120 Å². The number of hydrogen-bond acceptors (Lipinski definition) is 4. The molecular formula is C16H22N4. The second kappa shape index (κ2) is 6.37. The fourth-order valence-electron chi connectivity index (χ4n) is 1.95. The molecule has 2 N–H and O–H groups in total. The molecule has 0 unspecified atom stereocenters. The minimum absolute atomic E-state index is 0.849. The molecule has 0 amide bonds. The fraction of sp³-hybridized carbons (Fsp3) is 0.375. The predicted octanol–water partition coefficient (Wildman–Crippen LogP) is 3.97. The van der Waals surface area contributed by atoms with Crippen molar-refractivity contribution in [2.24, 2.45) is 0 Å². The van der Waals surface area contributed by atoms with E-state index in [0.29, 0.717) is 0 Å². The maximum absolute atomic E-state index is 4.33. The first kappa shape index (κ1) is 14.3. The molecule has 0 radical (unpaired) electrons. The second-order valence-corrected chi connectivity index (χ2v) is 5.05. The zero-order valence-electron chi connectivity index (χ0n) is 12.6. The number of benzene rings is 1. The molecule has 0 saturated heterocycles. The summed E-state index contributed by atoms with van der Waals surface area (Å²) in [6.07, 6.45) is 2.66. The van der Waals surface area contributed by atoms with Crippen molar-refractivity contribution in [1.29, 1.82) is 0 Å². The zero-order chi connectivity index (χ0) is 14.5.